The van der Waals surface area contributed by atoms with Gasteiger partial charge in [0.25, 0.3) is 5.91 Å². The number of hydrogen-bond donors (Lipinski definition) is 1. The van der Waals surface area contributed by atoms with E-state index in [0.29, 0.717) is 23.7 Å². The van der Waals surface area contributed by atoms with E-state index < -0.39 is 11.5 Å². The molecule has 0 spiro atoms. The van der Waals surface area contributed by atoms with Gasteiger partial charge in [0.1, 0.15) is 5.75 Å². The van der Waals surface area contributed by atoms with Crippen molar-refractivity contribution in [2.75, 3.05) is 10.2 Å². The van der Waals surface area contributed by atoms with E-state index >= 15 is 0 Å². The number of nitrogens with one attached hydrogen (secondary N) is 1. The molecule has 1 heterocycles. The normalized spacial score (nSPS) is 16.6. The summed E-state index contributed by atoms with van der Waals surface area (Å²) >= 11 is 0. The molecule has 142 valence electrons. The Kier molecular flexibility index (Phi) is 4.96. The van der Waals surface area contributed by atoms with Gasteiger partial charge >= 0.3 is 0 Å². The molecule has 3 rings (SSSR count). The Morgan fingerprint density at radius 2 is 1.81 bits per heavy atom. The van der Waals surface area contributed by atoms with Crippen LogP contribution in [0.15, 0.2) is 42.5 Å². The first-order valence-electron chi connectivity index (χ1n) is 9.14. The van der Waals surface area contributed by atoms with E-state index in [1.54, 1.807) is 30.0 Å². The van der Waals surface area contributed by atoms with Crippen molar-refractivity contribution in [1.29, 1.82) is 0 Å². The quantitative estimate of drug-likeness (QED) is 0.881. The fourth-order valence-electron chi connectivity index (χ4n) is 2.84. The Bertz CT molecular complexity index is 866. The summed E-state index contributed by atoms with van der Waals surface area (Å²) in [4.78, 5) is 26.8. The molecule has 0 bridgehead atoms. The van der Waals surface area contributed by atoms with Gasteiger partial charge in [-0.05, 0) is 37.6 Å². The van der Waals surface area contributed by atoms with E-state index in [1.807, 2.05) is 52.0 Å². The highest BCUT2D eigenvalue weighted by atomic mass is 16.5. The first kappa shape index (κ1) is 19.0. The van der Waals surface area contributed by atoms with Crippen LogP contribution in [0.1, 0.15) is 38.8 Å². The zero-order chi connectivity index (χ0) is 19.8. The lowest BCUT2D eigenvalue weighted by Gasteiger charge is -2.33. The van der Waals surface area contributed by atoms with E-state index in [0.717, 1.165) is 5.56 Å². The topological polar surface area (TPSA) is 58.6 Å². The molecule has 0 fully saturated rings. The summed E-state index contributed by atoms with van der Waals surface area (Å²) in [5.74, 6) is 0.467. The fourth-order valence-corrected chi connectivity index (χ4v) is 2.84. The SMILES string of the molecule is Cc1ccc(CN2C(=O)C(C)Oc3ccc(NC(=O)C(C)(C)C)cc32)cc1. The number of aryl methyl sites for hydroxylation is 1. The number of rotatable bonds is 3. The van der Waals surface area contributed by atoms with Crippen molar-refractivity contribution in [2.45, 2.75) is 47.3 Å². The van der Waals surface area contributed by atoms with Crippen LogP contribution in [0.3, 0.4) is 0 Å². The summed E-state index contributed by atoms with van der Waals surface area (Å²) in [5.41, 5.74) is 3.03. The van der Waals surface area contributed by atoms with Crippen molar-refractivity contribution >= 4 is 23.2 Å². The molecule has 1 atom stereocenters. The van der Waals surface area contributed by atoms with E-state index in [-0.39, 0.29) is 11.8 Å². The number of carbonyl (C=O) groups excluding carboxylic acids is 2. The summed E-state index contributed by atoms with van der Waals surface area (Å²) in [5, 5.41) is 2.92. The molecule has 2 amide bonds. The van der Waals surface area contributed by atoms with Crippen molar-refractivity contribution in [3.05, 3.63) is 53.6 Å². The van der Waals surface area contributed by atoms with Crippen LogP contribution in [0.4, 0.5) is 11.4 Å². The highest BCUT2D eigenvalue weighted by Gasteiger charge is 2.32. The lowest BCUT2D eigenvalue weighted by atomic mass is 9.95. The largest absolute Gasteiger partial charge is 0.479 e. The molecule has 1 aliphatic heterocycles. The van der Waals surface area contributed by atoms with Crippen LogP contribution in [-0.4, -0.2) is 17.9 Å². The van der Waals surface area contributed by atoms with Gasteiger partial charge in [-0.15, -0.1) is 0 Å². The van der Waals surface area contributed by atoms with Crippen molar-refractivity contribution in [3.63, 3.8) is 0 Å². The van der Waals surface area contributed by atoms with E-state index in [2.05, 4.69) is 5.32 Å². The van der Waals surface area contributed by atoms with Gasteiger partial charge in [-0.1, -0.05) is 50.6 Å². The first-order chi connectivity index (χ1) is 12.6. The van der Waals surface area contributed by atoms with Gasteiger partial charge < -0.3 is 15.0 Å². The zero-order valence-electron chi connectivity index (χ0n) is 16.5. The minimum absolute atomic E-state index is 0.0797. The van der Waals surface area contributed by atoms with Crippen molar-refractivity contribution in [2.24, 2.45) is 5.41 Å². The zero-order valence-corrected chi connectivity index (χ0v) is 16.5. The summed E-state index contributed by atoms with van der Waals surface area (Å²) < 4.78 is 5.75. The molecule has 0 aromatic heterocycles. The average Bonchev–Trinajstić information content (AvgIpc) is 2.60. The molecule has 0 aliphatic carbocycles. The van der Waals surface area contributed by atoms with E-state index in [4.69, 9.17) is 4.74 Å². The minimum atomic E-state index is -0.544. The van der Waals surface area contributed by atoms with Gasteiger partial charge in [0.05, 0.1) is 12.2 Å². The van der Waals surface area contributed by atoms with Crippen LogP contribution in [0, 0.1) is 12.3 Å². The molecule has 0 saturated heterocycles. The predicted octanol–water partition coefficient (Wildman–Crippen LogP) is 4.29. The molecule has 5 heteroatoms. The number of carbonyl (C=O) groups is 2. The van der Waals surface area contributed by atoms with Gasteiger partial charge in [0.2, 0.25) is 5.91 Å². The number of ether oxygens (including phenoxy) is 1. The smallest absolute Gasteiger partial charge is 0.268 e. The number of hydrogen-bond acceptors (Lipinski definition) is 3. The third-order valence-corrected chi connectivity index (χ3v) is 4.57. The van der Waals surface area contributed by atoms with Crippen molar-refractivity contribution in [1.82, 2.24) is 0 Å². The summed E-state index contributed by atoms with van der Waals surface area (Å²) in [7, 11) is 0. The predicted molar refractivity (Wildman–Crippen MR) is 107 cm³/mol. The molecular formula is C22H26N2O3. The number of benzene rings is 2. The average molecular weight is 366 g/mol. The van der Waals surface area contributed by atoms with Crippen molar-refractivity contribution in [3.8, 4) is 5.75 Å². The molecule has 1 aliphatic rings. The van der Waals surface area contributed by atoms with Crippen LogP contribution in [0.2, 0.25) is 0 Å². The third-order valence-electron chi connectivity index (χ3n) is 4.57. The molecule has 2 aromatic carbocycles. The number of anilines is 2. The van der Waals surface area contributed by atoms with E-state index in [1.165, 1.54) is 5.56 Å². The first-order valence-corrected chi connectivity index (χ1v) is 9.14. The minimum Gasteiger partial charge on any atom is -0.479 e. The third kappa shape index (κ3) is 4.13. The highest BCUT2D eigenvalue weighted by molar-refractivity contribution is 6.01. The van der Waals surface area contributed by atoms with Crippen molar-refractivity contribution < 1.29 is 14.3 Å². The monoisotopic (exact) mass is 366 g/mol. The summed E-state index contributed by atoms with van der Waals surface area (Å²) in [6.07, 6.45) is -0.544. The Morgan fingerprint density at radius 1 is 1.15 bits per heavy atom. The standard InChI is InChI=1S/C22H26N2O3/c1-14-6-8-16(9-7-14)13-24-18-12-17(23-21(26)22(3,4)5)10-11-19(18)27-15(2)20(24)25/h6-12,15H,13H2,1-5H3,(H,23,26). The van der Waals surface area contributed by atoms with Gasteiger partial charge in [-0.2, -0.15) is 0 Å². The second-order valence-corrected chi connectivity index (χ2v) is 8.06. The molecule has 27 heavy (non-hydrogen) atoms. The van der Waals surface area contributed by atoms with Gasteiger partial charge in [0.15, 0.2) is 6.10 Å². The van der Waals surface area contributed by atoms with Gasteiger partial charge in [-0.25, -0.2) is 0 Å². The van der Waals surface area contributed by atoms with Crippen LogP contribution in [0.5, 0.6) is 5.75 Å². The number of fused-ring (bicyclic) bond motifs is 1. The van der Waals surface area contributed by atoms with Crippen LogP contribution in [0.25, 0.3) is 0 Å². The Hall–Kier alpha value is -2.82. The van der Waals surface area contributed by atoms with Gasteiger partial charge in [-0.3, -0.25) is 9.59 Å². The van der Waals surface area contributed by atoms with Crippen LogP contribution >= 0.6 is 0 Å². The van der Waals surface area contributed by atoms with Crippen LogP contribution < -0.4 is 15.0 Å². The Labute approximate surface area is 160 Å². The molecule has 5 nitrogen and oxygen atoms in total. The molecule has 0 radical (unpaired) electrons. The molecule has 0 saturated carbocycles. The van der Waals surface area contributed by atoms with E-state index in [9.17, 15) is 9.59 Å². The lowest BCUT2D eigenvalue weighted by molar-refractivity contribution is -0.125. The Balaban J connectivity index is 1.93. The molecule has 1 unspecified atom stereocenters. The maximum atomic E-state index is 12.8. The highest BCUT2D eigenvalue weighted by Crippen LogP contribution is 2.37. The Morgan fingerprint density at radius 3 is 2.44 bits per heavy atom. The molecule has 2 aromatic rings. The second-order valence-electron chi connectivity index (χ2n) is 8.06. The molecule has 1 N–H and O–H groups in total. The van der Waals surface area contributed by atoms with Gasteiger partial charge in [0, 0.05) is 11.1 Å². The number of amides is 2. The summed E-state index contributed by atoms with van der Waals surface area (Å²) in [6.45, 7) is 9.82. The lowest BCUT2D eigenvalue weighted by Crippen LogP contribution is -2.44. The van der Waals surface area contributed by atoms with Crippen LogP contribution in [-0.2, 0) is 16.1 Å². The maximum absolute atomic E-state index is 12.8. The molecular weight excluding hydrogens is 340 g/mol. The number of nitrogens with zero attached hydrogens (tertiary/aromatic N) is 1. The second kappa shape index (κ2) is 7.06. The summed E-state index contributed by atoms with van der Waals surface area (Å²) in [6, 6.07) is 13.5. The fraction of sp³-hybridized carbons (Fsp3) is 0.364. The maximum Gasteiger partial charge on any atom is 0.268 e.